The Balaban J connectivity index is 1.75. The molecule has 0 bridgehead atoms. The van der Waals surface area contributed by atoms with Crippen LogP contribution in [0.3, 0.4) is 0 Å². The van der Waals surface area contributed by atoms with Crippen molar-refractivity contribution >= 4 is 11.9 Å². The minimum atomic E-state index is -0.323. The van der Waals surface area contributed by atoms with E-state index in [2.05, 4.69) is 5.32 Å². The highest BCUT2D eigenvalue weighted by atomic mass is 16.2. The Bertz CT molecular complexity index is 326. The first-order chi connectivity index (χ1) is 8.56. The Kier molecular flexibility index (Phi) is 4.06. The molecule has 2 aliphatic heterocycles. The maximum absolute atomic E-state index is 11.4. The number of piperidine rings is 2. The van der Waals surface area contributed by atoms with E-state index in [1.165, 1.54) is 0 Å². The summed E-state index contributed by atoms with van der Waals surface area (Å²) in [6.45, 7) is 2.25. The molecule has 2 aliphatic rings. The van der Waals surface area contributed by atoms with Gasteiger partial charge in [0.1, 0.15) is 0 Å². The van der Waals surface area contributed by atoms with E-state index in [-0.39, 0.29) is 11.9 Å². The number of carbonyl (C=O) groups excluding carboxylic acids is 2. The van der Waals surface area contributed by atoms with Gasteiger partial charge in [-0.15, -0.1) is 0 Å². The highest BCUT2D eigenvalue weighted by molar-refractivity contribution is 5.76. The molecule has 0 aromatic rings. The molecule has 1 atom stereocenters. The van der Waals surface area contributed by atoms with Gasteiger partial charge in [-0.05, 0) is 19.3 Å². The highest BCUT2D eigenvalue weighted by Gasteiger charge is 2.27. The summed E-state index contributed by atoms with van der Waals surface area (Å²) in [6, 6.07) is 0.501. The first kappa shape index (κ1) is 13.1. The number of hydrogen-bond donors (Lipinski definition) is 2. The molecular weight excluding hydrogens is 232 g/mol. The van der Waals surface area contributed by atoms with Gasteiger partial charge in [-0.25, -0.2) is 4.79 Å². The van der Waals surface area contributed by atoms with Gasteiger partial charge >= 0.3 is 6.03 Å². The number of nitrogens with zero attached hydrogens (tertiary/aromatic N) is 2. The fourth-order valence-electron chi connectivity index (χ4n) is 2.75. The SMILES string of the molecule is CN1CC(NC2CCN(C(N)=O)CC2)CCC1=O. The molecule has 0 radical (unpaired) electrons. The van der Waals surface area contributed by atoms with E-state index in [0.29, 0.717) is 18.5 Å². The number of rotatable bonds is 2. The van der Waals surface area contributed by atoms with Gasteiger partial charge in [-0.3, -0.25) is 4.79 Å². The number of urea groups is 1. The van der Waals surface area contributed by atoms with Crippen LogP contribution < -0.4 is 11.1 Å². The second-order valence-corrected chi connectivity index (χ2v) is 5.28. The fraction of sp³-hybridized carbons (Fsp3) is 0.833. The zero-order valence-electron chi connectivity index (χ0n) is 10.9. The van der Waals surface area contributed by atoms with Crippen LogP contribution in [0.4, 0.5) is 4.79 Å². The lowest BCUT2D eigenvalue weighted by Gasteiger charge is -2.36. The van der Waals surface area contributed by atoms with Crippen molar-refractivity contribution in [2.75, 3.05) is 26.7 Å². The molecule has 6 nitrogen and oxygen atoms in total. The van der Waals surface area contributed by atoms with Crippen molar-refractivity contribution in [1.82, 2.24) is 15.1 Å². The van der Waals surface area contributed by atoms with Crippen LogP contribution in [0, 0.1) is 0 Å². The van der Waals surface area contributed by atoms with Gasteiger partial charge in [-0.2, -0.15) is 0 Å². The molecule has 2 fully saturated rings. The molecule has 2 heterocycles. The molecular formula is C12H22N4O2. The van der Waals surface area contributed by atoms with Crippen LogP contribution in [0.25, 0.3) is 0 Å². The second kappa shape index (κ2) is 5.56. The van der Waals surface area contributed by atoms with Crippen LogP contribution >= 0.6 is 0 Å². The number of nitrogens with two attached hydrogens (primary N) is 1. The zero-order chi connectivity index (χ0) is 13.1. The molecule has 0 aromatic heterocycles. The van der Waals surface area contributed by atoms with E-state index < -0.39 is 0 Å². The van der Waals surface area contributed by atoms with E-state index in [9.17, 15) is 9.59 Å². The number of amides is 3. The Morgan fingerprint density at radius 2 is 1.94 bits per heavy atom. The number of likely N-dealkylation sites (N-methyl/N-ethyl adjacent to an activating group) is 1. The predicted molar refractivity (Wildman–Crippen MR) is 68.0 cm³/mol. The molecule has 0 saturated carbocycles. The topological polar surface area (TPSA) is 78.7 Å². The molecule has 18 heavy (non-hydrogen) atoms. The van der Waals surface area contributed by atoms with E-state index in [1.807, 2.05) is 7.05 Å². The van der Waals surface area contributed by atoms with E-state index in [1.54, 1.807) is 9.80 Å². The van der Waals surface area contributed by atoms with Crippen LogP contribution in [0.15, 0.2) is 0 Å². The molecule has 102 valence electrons. The van der Waals surface area contributed by atoms with Crippen molar-refractivity contribution in [3.8, 4) is 0 Å². The van der Waals surface area contributed by atoms with Crippen molar-refractivity contribution < 1.29 is 9.59 Å². The minimum Gasteiger partial charge on any atom is -0.351 e. The van der Waals surface area contributed by atoms with Gasteiger partial charge in [0.25, 0.3) is 0 Å². The summed E-state index contributed by atoms with van der Waals surface area (Å²) < 4.78 is 0. The fourth-order valence-corrected chi connectivity index (χ4v) is 2.75. The lowest BCUT2D eigenvalue weighted by Crippen LogP contribution is -2.53. The van der Waals surface area contributed by atoms with E-state index in [4.69, 9.17) is 5.73 Å². The second-order valence-electron chi connectivity index (χ2n) is 5.28. The average molecular weight is 254 g/mol. The molecule has 3 N–H and O–H groups in total. The first-order valence-corrected chi connectivity index (χ1v) is 6.60. The van der Waals surface area contributed by atoms with Gasteiger partial charge in [0.05, 0.1) is 0 Å². The van der Waals surface area contributed by atoms with Crippen LogP contribution in [0.5, 0.6) is 0 Å². The quantitative estimate of drug-likeness (QED) is 0.712. The summed E-state index contributed by atoms with van der Waals surface area (Å²) in [5.41, 5.74) is 5.25. The predicted octanol–water partition coefficient (Wildman–Crippen LogP) is -0.260. The van der Waals surface area contributed by atoms with Crippen LogP contribution in [-0.4, -0.2) is 60.5 Å². The lowest BCUT2D eigenvalue weighted by molar-refractivity contribution is -0.132. The molecule has 1 unspecified atom stereocenters. The molecule has 0 spiro atoms. The molecule has 2 rings (SSSR count). The number of likely N-dealkylation sites (tertiary alicyclic amines) is 2. The van der Waals surface area contributed by atoms with E-state index >= 15 is 0 Å². The highest BCUT2D eigenvalue weighted by Crippen LogP contribution is 2.15. The lowest BCUT2D eigenvalue weighted by atomic mass is 10.0. The molecule has 6 heteroatoms. The number of carbonyl (C=O) groups is 2. The van der Waals surface area contributed by atoms with Gasteiger partial charge in [0.2, 0.25) is 5.91 Å². The summed E-state index contributed by atoms with van der Waals surface area (Å²) in [6.07, 6.45) is 3.43. The molecule has 0 aliphatic carbocycles. The van der Waals surface area contributed by atoms with Gasteiger partial charge in [0.15, 0.2) is 0 Å². The first-order valence-electron chi connectivity index (χ1n) is 6.60. The average Bonchev–Trinajstić information content (AvgIpc) is 2.34. The van der Waals surface area contributed by atoms with Crippen molar-refractivity contribution in [2.24, 2.45) is 5.73 Å². The summed E-state index contributed by atoms with van der Waals surface area (Å²) >= 11 is 0. The van der Waals surface area contributed by atoms with Crippen molar-refractivity contribution in [3.63, 3.8) is 0 Å². The van der Waals surface area contributed by atoms with E-state index in [0.717, 1.165) is 38.9 Å². The largest absolute Gasteiger partial charge is 0.351 e. The van der Waals surface area contributed by atoms with Gasteiger partial charge in [-0.1, -0.05) is 0 Å². The number of hydrogen-bond acceptors (Lipinski definition) is 3. The third kappa shape index (κ3) is 3.13. The van der Waals surface area contributed by atoms with Crippen LogP contribution in [-0.2, 0) is 4.79 Å². The maximum Gasteiger partial charge on any atom is 0.314 e. The monoisotopic (exact) mass is 254 g/mol. The summed E-state index contributed by atoms with van der Waals surface area (Å²) in [5.74, 6) is 0.233. The third-order valence-electron chi connectivity index (χ3n) is 3.90. The summed E-state index contributed by atoms with van der Waals surface area (Å²) in [5, 5.41) is 3.60. The van der Waals surface area contributed by atoms with Gasteiger partial charge in [0, 0.05) is 45.2 Å². The maximum atomic E-state index is 11.4. The smallest absolute Gasteiger partial charge is 0.314 e. The Morgan fingerprint density at radius 3 is 2.50 bits per heavy atom. The number of nitrogens with one attached hydrogen (secondary N) is 1. The van der Waals surface area contributed by atoms with Crippen LogP contribution in [0.2, 0.25) is 0 Å². The van der Waals surface area contributed by atoms with Crippen LogP contribution in [0.1, 0.15) is 25.7 Å². The molecule has 0 aromatic carbocycles. The summed E-state index contributed by atoms with van der Waals surface area (Å²) in [7, 11) is 1.85. The van der Waals surface area contributed by atoms with Crippen molar-refractivity contribution in [1.29, 1.82) is 0 Å². The molecule has 2 saturated heterocycles. The minimum absolute atomic E-state index is 0.233. The number of primary amides is 1. The van der Waals surface area contributed by atoms with Crippen molar-refractivity contribution in [3.05, 3.63) is 0 Å². The Morgan fingerprint density at radius 1 is 1.28 bits per heavy atom. The Hall–Kier alpha value is -1.30. The van der Waals surface area contributed by atoms with Gasteiger partial charge < -0.3 is 20.9 Å². The third-order valence-corrected chi connectivity index (χ3v) is 3.90. The normalized spacial score (nSPS) is 26.5. The Labute approximate surface area is 107 Å². The molecule has 3 amide bonds. The van der Waals surface area contributed by atoms with Crippen molar-refractivity contribution in [2.45, 2.75) is 37.8 Å². The zero-order valence-corrected chi connectivity index (χ0v) is 10.9. The standard InChI is InChI=1S/C12H22N4O2/c1-15-8-10(2-3-11(15)17)14-9-4-6-16(7-5-9)12(13)18/h9-10,14H,2-8H2,1H3,(H2,13,18). The summed E-state index contributed by atoms with van der Waals surface area (Å²) in [4.78, 5) is 25.9.